The molecule has 0 spiro atoms. The zero-order valence-corrected chi connectivity index (χ0v) is 9.40. The number of rotatable bonds is 2. The van der Waals surface area contributed by atoms with Crippen LogP contribution in [0.15, 0.2) is 30.6 Å². The molecule has 2 N–H and O–H groups in total. The number of hydrogen-bond donors (Lipinski definition) is 1. The largest absolute Gasteiger partial charge is 0.398 e. The van der Waals surface area contributed by atoms with E-state index in [0.29, 0.717) is 21.8 Å². The van der Waals surface area contributed by atoms with Crippen LogP contribution in [0.25, 0.3) is 0 Å². The lowest BCUT2D eigenvalue weighted by Gasteiger charge is -2.01. The smallest absolute Gasteiger partial charge is 0.196 e. The normalized spacial score (nSPS) is 10.4. The molecule has 0 radical (unpaired) electrons. The van der Waals surface area contributed by atoms with E-state index in [4.69, 9.17) is 17.3 Å². The monoisotopic (exact) mass is 235 g/mol. The maximum atomic E-state index is 12.0. The number of aryl methyl sites for hydroxylation is 1. The number of nitrogens with two attached hydrogens (primary N) is 1. The third-order valence-corrected chi connectivity index (χ3v) is 2.57. The van der Waals surface area contributed by atoms with Crippen LogP contribution in [0.2, 0.25) is 5.02 Å². The second kappa shape index (κ2) is 3.98. The van der Waals surface area contributed by atoms with Crippen LogP contribution in [-0.4, -0.2) is 15.6 Å². The van der Waals surface area contributed by atoms with E-state index in [-0.39, 0.29) is 5.78 Å². The van der Waals surface area contributed by atoms with Crippen molar-refractivity contribution < 1.29 is 4.79 Å². The first kappa shape index (κ1) is 10.7. The third kappa shape index (κ3) is 1.92. The fraction of sp³-hybridized carbons (Fsp3) is 0.0909. The van der Waals surface area contributed by atoms with Gasteiger partial charge in [-0.05, 0) is 18.2 Å². The van der Waals surface area contributed by atoms with Gasteiger partial charge in [0.05, 0.1) is 22.5 Å². The number of nitrogen functional groups attached to an aromatic ring is 1. The van der Waals surface area contributed by atoms with Crippen LogP contribution in [0, 0.1) is 0 Å². The molecule has 0 saturated carbocycles. The molecular formula is C11H10ClN3O. The quantitative estimate of drug-likeness (QED) is 0.639. The van der Waals surface area contributed by atoms with Gasteiger partial charge in [-0.3, -0.25) is 9.48 Å². The fourth-order valence-electron chi connectivity index (χ4n) is 1.39. The van der Waals surface area contributed by atoms with Crippen LogP contribution in [-0.2, 0) is 7.05 Å². The van der Waals surface area contributed by atoms with Gasteiger partial charge in [-0.2, -0.15) is 5.10 Å². The average molecular weight is 236 g/mol. The average Bonchev–Trinajstić information content (AvgIpc) is 2.68. The van der Waals surface area contributed by atoms with Crippen LogP contribution >= 0.6 is 11.6 Å². The Kier molecular flexibility index (Phi) is 2.66. The van der Waals surface area contributed by atoms with Crippen molar-refractivity contribution in [3.8, 4) is 0 Å². The van der Waals surface area contributed by atoms with E-state index in [0.717, 1.165) is 0 Å². The van der Waals surface area contributed by atoms with Gasteiger partial charge in [-0.25, -0.2) is 0 Å². The van der Waals surface area contributed by atoms with E-state index in [9.17, 15) is 4.79 Å². The van der Waals surface area contributed by atoms with Gasteiger partial charge < -0.3 is 5.73 Å². The van der Waals surface area contributed by atoms with Crippen molar-refractivity contribution in [1.82, 2.24) is 9.78 Å². The maximum Gasteiger partial charge on any atom is 0.196 e. The standard InChI is InChI=1S/C11H10ClN3O/c1-15-6-8(5-14-15)11(16)7-2-3-9(12)10(13)4-7/h2-6H,13H2,1H3. The van der Waals surface area contributed by atoms with Crippen molar-refractivity contribution in [1.29, 1.82) is 0 Å². The number of carbonyl (C=O) groups excluding carboxylic acids is 1. The Balaban J connectivity index is 2.38. The predicted molar refractivity (Wildman–Crippen MR) is 62.5 cm³/mol. The third-order valence-electron chi connectivity index (χ3n) is 2.23. The number of aromatic nitrogens is 2. The summed E-state index contributed by atoms with van der Waals surface area (Å²) in [5, 5.41) is 4.39. The molecule has 2 rings (SSSR count). The summed E-state index contributed by atoms with van der Waals surface area (Å²) in [6.07, 6.45) is 3.18. The first-order valence-corrected chi connectivity index (χ1v) is 5.04. The summed E-state index contributed by atoms with van der Waals surface area (Å²) >= 11 is 5.78. The second-order valence-corrected chi connectivity index (χ2v) is 3.88. The number of ketones is 1. The SMILES string of the molecule is Cn1cc(C(=O)c2ccc(Cl)c(N)c2)cn1. The molecule has 0 unspecified atom stereocenters. The molecule has 0 saturated heterocycles. The molecule has 82 valence electrons. The molecule has 1 heterocycles. The van der Waals surface area contributed by atoms with Gasteiger partial charge in [0.2, 0.25) is 0 Å². The van der Waals surface area contributed by atoms with E-state index in [1.807, 2.05) is 0 Å². The minimum absolute atomic E-state index is 0.114. The lowest BCUT2D eigenvalue weighted by molar-refractivity contribution is 0.103. The van der Waals surface area contributed by atoms with Crippen molar-refractivity contribution in [3.05, 3.63) is 46.7 Å². The summed E-state index contributed by atoms with van der Waals surface area (Å²) in [6, 6.07) is 4.83. The predicted octanol–water partition coefficient (Wildman–Crippen LogP) is 1.89. The van der Waals surface area contributed by atoms with Gasteiger partial charge in [-0.15, -0.1) is 0 Å². The molecule has 4 nitrogen and oxygen atoms in total. The van der Waals surface area contributed by atoms with E-state index < -0.39 is 0 Å². The van der Waals surface area contributed by atoms with Gasteiger partial charge in [-0.1, -0.05) is 11.6 Å². The van der Waals surface area contributed by atoms with Crippen molar-refractivity contribution in [2.24, 2.45) is 7.05 Å². The molecule has 1 aromatic heterocycles. The van der Waals surface area contributed by atoms with Crippen molar-refractivity contribution in [2.45, 2.75) is 0 Å². The van der Waals surface area contributed by atoms with Gasteiger partial charge in [0, 0.05) is 18.8 Å². The maximum absolute atomic E-state index is 12.0. The van der Waals surface area contributed by atoms with Crippen molar-refractivity contribution in [3.63, 3.8) is 0 Å². The summed E-state index contributed by atoms with van der Waals surface area (Å²) < 4.78 is 1.58. The van der Waals surface area contributed by atoms with E-state index >= 15 is 0 Å². The minimum Gasteiger partial charge on any atom is -0.398 e. The lowest BCUT2D eigenvalue weighted by atomic mass is 10.1. The summed E-state index contributed by atoms with van der Waals surface area (Å²) in [4.78, 5) is 12.0. The molecule has 1 aromatic carbocycles. The zero-order chi connectivity index (χ0) is 11.7. The summed E-state index contributed by atoms with van der Waals surface area (Å²) in [5.74, 6) is -0.114. The van der Waals surface area contributed by atoms with Crippen LogP contribution < -0.4 is 5.73 Å². The molecule has 2 aromatic rings. The van der Waals surface area contributed by atoms with Crippen LogP contribution in [0.5, 0.6) is 0 Å². The summed E-state index contributed by atoms with van der Waals surface area (Å²) in [6.45, 7) is 0. The van der Waals surface area contributed by atoms with Gasteiger partial charge in [0.25, 0.3) is 0 Å². The second-order valence-electron chi connectivity index (χ2n) is 3.47. The molecule has 0 aliphatic rings. The fourth-order valence-corrected chi connectivity index (χ4v) is 1.51. The number of nitrogens with zero attached hydrogens (tertiary/aromatic N) is 2. The van der Waals surface area contributed by atoms with Crippen LogP contribution in [0.3, 0.4) is 0 Å². The highest BCUT2D eigenvalue weighted by Crippen LogP contribution is 2.21. The first-order chi connectivity index (χ1) is 7.58. The molecule has 0 aliphatic carbocycles. The molecule has 5 heteroatoms. The Bertz CT molecular complexity index is 548. The number of halogens is 1. The Morgan fingerprint density at radius 3 is 2.75 bits per heavy atom. The highest BCUT2D eigenvalue weighted by atomic mass is 35.5. The van der Waals surface area contributed by atoms with Crippen LogP contribution in [0.4, 0.5) is 5.69 Å². The van der Waals surface area contributed by atoms with E-state index in [1.54, 1.807) is 36.1 Å². The molecule has 0 bridgehead atoms. The molecule has 0 aliphatic heterocycles. The Morgan fingerprint density at radius 1 is 1.44 bits per heavy atom. The van der Waals surface area contributed by atoms with Gasteiger partial charge in [0.15, 0.2) is 5.78 Å². The molecular weight excluding hydrogens is 226 g/mol. The van der Waals surface area contributed by atoms with Crippen molar-refractivity contribution in [2.75, 3.05) is 5.73 Å². The Hall–Kier alpha value is -1.81. The van der Waals surface area contributed by atoms with Crippen molar-refractivity contribution >= 4 is 23.1 Å². The zero-order valence-electron chi connectivity index (χ0n) is 8.64. The lowest BCUT2D eigenvalue weighted by Crippen LogP contribution is -2.01. The number of anilines is 1. The molecule has 0 atom stereocenters. The number of carbonyl (C=O) groups is 1. The Labute approximate surface area is 97.6 Å². The Morgan fingerprint density at radius 2 is 2.19 bits per heavy atom. The van der Waals surface area contributed by atoms with Gasteiger partial charge >= 0.3 is 0 Å². The summed E-state index contributed by atoms with van der Waals surface area (Å²) in [7, 11) is 1.76. The molecule has 0 amide bonds. The van der Waals surface area contributed by atoms with Gasteiger partial charge in [0.1, 0.15) is 0 Å². The highest BCUT2D eigenvalue weighted by Gasteiger charge is 2.11. The van der Waals surface area contributed by atoms with E-state index in [1.165, 1.54) is 6.20 Å². The number of benzene rings is 1. The molecule has 16 heavy (non-hydrogen) atoms. The number of hydrogen-bond acceptors (Lipinski definition) is 3. The highest BCUT2D eigenvalue weighted by molar-refractivity contribution is 6.33. The first-order valence-electron chi connectivity index (χ1n) is 4.66. The summed E-state index contributed by atoms with van der Waals surface area (Å²) in [5.41, 5.74) is 7.08. The molecule has 0 fully saturated rings. The topological polar surface area (TPSA) is 60.9 Å². The van der Waals surface area contributed by atoms with E-state index in [2.05, 4.69) is 5.10 Å². The minimum atomic E-state index is -0.114. The van der Waals surface area contributed by atoms with Crippen LogP contribution in [0.1, 0.15) is 15.9 Å².